The van der Waals surface area contributed by atoms with Gasteiger partial charge in [0, 0.05) is 49.2 Å². The second-order valence-corrected chi connectivity index (χ2v) is 11.7. The molecule has 41 heavy (non-hydrogen) atoms. The summed E-state index contributed by atoms with van der Waals surface area (Å²) in [5.74, 6) is -1.25. The average Bonchev–Trinajstić information content (AvgIpc) is 3.26. The van der Waals surface area contributed by atoms with Crippen molar-refractivity contribution in [3.8, 4) is 5.75 Å². The summed E-state index contributed by atoms with van der Waals surface area (Å²) >= 11 is 18.6. The standard InChI is InChI=1S/C30H28Cl3N3O5/c1-30(2,3)35-28(38)27(25-20-12-9-18(31)13-24(20)34-26(25)29(39)40)36(16-37)14-17-7-10-19(11-8-17)41-15-21-22(32)5-4-6-23(21)33/h4-13,16,27,34H,14-15H2,1-3H3,(H,35,38)(H,39,40). The van der Waals surface area contributed by atoms with Crippen molar-refractivity contribution < 1.29 is 24.2 Å². The first-order valence-corrected chi connectivity index (χ1v) is 13.7. The van der Waals surface area contributed by atoms with Crippen LogP contribution in [0.4, 0.5) is 0 Å². The maximum Gasteiger partial charge on any atom is 0.352 e. The van der Waals surface area contributed by atoms with Gasteiger partial charge >= 0.3 is 5.97 Å². The SMILES string of the molecule is CC(C)(C)NC(=O)C(c1c(C(=O)O)[nH]c2cc(Cl)ccc12)N(C=O)Cc1ccc(OCc2c(Cl)cccc2Cl)cc1. The van der Waals surface area contributed by atoms with Gasteiger partial charge in [-0.2, -0.15) is 0 Å². The highest BCUT2D eigenvalue weighted by Crippen LogP contribution is 2.34. The molecular weight excluding hydrogens is 589 g/mol. The number of nitrogens with zero attached hydrogens (tertiary/aromatic N) is 1. The zero-order valence-corrected chi connectivity index (χ0v) is 24.8. The number of amides is 2. The number of carboxylic acids is 1. The van der Waals surface area contributed by atoms with Gasteiger partial charge in [0.1, 0.15) is 24.1 Å². The molecule has 0 radical (unpaired) electrons. The van der Waals surface area contributed by atoms with Crippen LogP contribution in [0, 0.1) is 0 Å². The smallest absolute Gasteiger partial charge is 0.352 e. The Bertz CT molecular complexity index is 1580. The Morgan fingerprint density at radius 2 is 1.71 bits per heavy atom. The summed E-state index contributed by atoms with van der Waals surface area (Å²) in [7, 11) is 0. The Morgan fingerprint density at radius 3 is 2.29 bits per heavy atom. The minimum atomic E-state index is -1.27. The molecule has 1 atom stereocenters. The van der Waals surface area contributed by atoms with Crippen molar-refractivity contribution in [2.75, 3.05) is 0 Å². The van der Waals surface area contributed by atoms with Gasteiger partial charge in [-0.05, 0) is 62.7 Å². The minimum absolute atomic E-state index is 0.0155. The average molecular weight is 617 g/mol. The van der Waals surface area contributed by atoms with Crippen LogP contribution in [0.2, 0.25) is 15.1 Å². The number of aromatic nitrogens is 1. The highest BCUT2D eigenvalue weighted by molar-refractivity contribution is 6.36. The molecule has 0 fully saturated rings. The van der Waals surface area contributed by atoms with E-state index in [2.05, 4.69) is 10.3 Å². The zero-order valence-electron chi connectivity index (χ0n) is 22.5. The molecule has 0 saturated carbocycles. The Hall–Kier alpha value is -3.72. The third kappa shape index (κ3) is 7.14. The molecule has 0 aliphatic rings. The van der Waals surface area contributed by atoms with Gasteiger partial charge < -0.3 is 25.0 Å². The number of nitrogens with one attached hydrogen (secondary N) is 2. The molecule has 214 valence electrons. The molecular formula is C30H28Cl3N3O5. The molecule has 0 aliphatic heterocycles. The number of carbonyl (C=O) groups is 3. The molecule has 3 N–H and O–H groups in total. The summed E-state index contributed by atoms with van der Waals surface area (Å²) in [5, 5.41) is 14.7. The largest absolute Gasteiger partial charge is 0.489 e. The maximum atomic E-state index is 13.7. The van der Waals surface area contributed by atoms with Crippen LogP contribution in [0.3, 0.4) is 0 Å². The summed E-state index contributed by atoms with van der Waals surface area (Å²) in [6.45, 7) is 5.58. The van der Waals surface area contributed by atoms with E-state index in [1.54, 1.807) is 81.4 Å². The molecule has 1 unspecified atom stereocenters. The van der Waals surface area contributed by atoms with E-state index in [1.165, 1.54) is 4.90 Å². The normalized spacial score (nSPS) is 12.1. The van der Waals surface area contributed by atoms with E-state index in [1.807, 2.05) is 0 Å². The van der Waals surface area contributed by atoms with E-state index in [-0.39, 0.29) is 24.4 Å². The lowest BCUT2D eigenvalue weighted by atomic mass is 9.98. The van der Waals surface area contributed by atoms with Gasteiger partial charge in [-0.1, -0.05) is 59.1 Å². The molecule has 1 heterocycles. The number of hydrogen-bond acceptors (Lipinski definition) is 4. The van der Waals surface area contributed by atoms with E-state index in [0.717, 1.165) is 0 Å². The third-order valence-corrected chi connectivity index (χ3v) is 7.18. The van der Waals surface area contributed by atoms with Crippen molar-refractivity contribution >= 4 is 64.0 Å². The maximum absolute atomic E-state index is 13.7. The Labute approximate surface area is 252 Å². The molecule has 0 bridgehead atoms. The van der Waals surface area contributed by atoms with Crippen molar-refractivity contribution in [1.29, 1.82) is 0 Å². The Kier molecular flexibility index (Phi) is 9.17. The molecule has 1 aromatic heterocycles. The number of ether oxygens (including phenoxy) is 1. The first kappa shape index (κ1) is 30.2. The molecule has 0 saturated heterocycles. The second-order valence-electron chi connectivity index (χ2n) is 10.5. The minimum Gasteiger partial charge on any atom is -0.489 e. The number of H-pyrrole nitrogens is 1. The first-order valence-electron chi connectivity index (χ1n) is 12.6. The number of benzene rings is 3. The fourth-order valence-corrected chi connectivity index (χ4v) is 5.13. The number of rotatable bonds is 10. The molecule has 2 amide bonds. The molecule has 8 nitrogen and oxygen atoms in total. The number of aromatic carboxylic acids is 1. The highest BCUT2D eigenvalue weighted by atomic mass is 35.5. The Balaban J connectivity index is 1.66. The van der Waals surface area contributed by atoms with Gasteiger partial charge in [0.25, 0.3) is 0 Å². The van der Waals surface area contributed by atoms with Crippen LogP contribution in [-0.2, 0) is 22.7 Å². The van der Waals surface area contributed by atoms with E-state index in [9.17, 15) is 19.5 Å². The number of halogens is 3. The van der Waals surface area contributed by atoms with Crippen LogP contribution in [0.5, 0.6) is 5.75 Å². The second kappa shape index (κ2) is 12.4. The van der Waals surface area contributed by atoms with Crippen LogP contribution in [0.1, 0.15) is 54.0 Å². The monoisotopic (exact) mass is 615 g/mol. The third-order valence-electron chi connectivity index (χ3n) is 6.24. The Morgan fingerprint density at radius 1 is 1.05 bits per heavy atom. The molecule has 4 rings (SSSR count). The molecule has 11 heteroatoms. The fourth-order valence-electron chi connectivity index (χ4n) is 4.45. The first-order chi connectivity index (χ1) is 19.4. The number of aromatic amines is 1. The zero-order chi connectivity index (χ0) is 29.9. The van der Waals surface area contributed by atoms with Crippen LogP contribution < -0.4 is 10.1 Å². The lowest BCUT2D eigenvalue weighted by Gasteiger charge is -2.31. The van der Waals surface area contributed by atoms with Crippen LogP contribution in [0.15, 0.2) is 60.7 Å². The molecule has 3 aromatic carbocycles. The van der Waals surface area contributed by atoms with E-state index >= 15 is 0 Å². The van der Waals surface area contributed by atoms with E-state index in [0.29, 0.717) is 49.3 Å². The van der Waals surface area contributed by atoms with Gasteiger partial charge in [0.2, 0.25) is 12.3 Å². The lowest BCUT2D eigenvalue weighted by molar-refractivity contribution is -0.134. The van der Waals surface area contributed by atoms with Crippen molar-refractivity contribution in [3.63, 3.8) is 0 Å². The van der Waals surface area contributed by atoms with Crippen LogP contribution >= 0.6 is 34.8 Å². The summed E-state index contributed by atoms with van der Waals surface area (Å²) in [4.78, 5) is 42.6. The predicted molar refractivity (Wildman–Crippen MR) is 160 cm³/mol. The van der Waals surface area contributed by atoms with Gasteiger partial charge in [-0.25, -0.2) is 4.79 Å². The number of carboxylic acid groups (broad SMARTS) is 1. The number of carbonyl (C=O) groups excluding carboxylic acids is 2. The highest BCUT2D eigenvalue weighted by Gasteiger charge is 2.35. The van der Waals surface area contributed by atoms with Crippen molar-refractivity contribution in [3.05, 3.63) is 98.1 Å². The van der Waals surface area contributed by atoms with Crippen LogP contribution in [-0.4, -0.2) is 38.8 Å². The fraction of sp³-hybridized carbons (Fsp3) is 0.233. The van der Waals surface area contributed by atoms with Gasteiger partial charge in [-0.3, -0.25) is 9.59 Å². The van der Waals surface area contributed by atoms with Crippen molar-refractivity contribution in [1.82, 2.24) is 15.2 Å². The van der Waals surface area contributed by atoms with E-state index in [4.69, 9.17) is 39.5 Å². The molecule has 4 aromatic rings. The quantitative estimate of drug-likeness (QED) is 0.166. The molecule has 0 spiro atoms. The number of hydrogen-bond donors (Lipinski definition) is 3. The van der Waals surface area contributed by atoms with Gasteiger partial charge in [0.15, 0.2) is 0 Å². The topological polar surface area (TPSA) is 112 Å². The van der Waals surface area contributed by atoms with Crippen molar-refractivity contribution in [2.45, 2.75) is 45.5 Å². The predicted octanol–water partition coefficient (Wildman–Crippen LogP) is 7.02. The van der Waals surface area contributed by atoms with Gasteiger partial charge in [-0.15, -0.1) is 0 Å². The van der Waals surface area contributed by atoms with Gasteiger partial charge in [0.05, 0.1) is 0 Å². The van der Waals surface area contributed by atoms with Crippen LogP contribution in [0.25, 0.3) is 10.9 Å². The summed E-state index contributed by atoms with van der Waals surface area (Å²) in [6, 6.07) is 15.7. The summed E-state index contributed by atoms with van der Waals surface area (Å²) in [6.07, 6.45) is 0.539. The van der Waals surface area contributed by atoms with Crippen molar-refractivity contribution in [2.24, 2.45) is 0 Å². The van der Waals surface area contributed by atoms with E-state index < -0.39 is 23.5 Å². The molecule has 0 aliphatic carbocycles. The summed E-state index contributed by atoms with van der Waals surface area (Å²) < 4.78 is 5.84. The lowest BCUT2D eigenvalue weighted by Crippen LogP contribution is -2.47. The number of fused-ring (bicyclic) bond motifs is 1. The summed E-state index contributed by atoms with van der Waals surface area (Å²) in [5.41, 5.74) is 1.10.